The minimum Gasteiger partial charge on any atom is -0.225 e. The summed E-state index contributed by atoms with van der Waals surface area (Å²) >= 11 is 0. The Balaban J connectivity index is 0.000000240. The number of terminal acetylenes is 1. The molecule has 0 radical (unpaired) electrons. The summed E-state index contributed by atoms with van der Waals surface area (Å²) in [4.78, 5) is 0.376. The SMILES string of the molecule is C#CC1C=CC(S(N)(=O)=O)=CC1.CCc1ccccc1S(N)(=O)=O. The van der Waals surface area contributed by atoms with Crippen molar-refractivity contribution in [2.45, 2.75) is 24.7 Å². The van der Waals surface area contributed by atoms with Gasteiger partial charge in [-0.2, -0.15) is 0 Å². The average Bonchev–Trinajstić information content (AvgIpc) is 2.54. The number of hydrogen-bond acceptors (Lipinski definition) is 4. The molecule has 0 saturated carbocycles. The van der Waals surface area contributed by atoms with Crippen LogP contribution >= 0.6 is 0 Å². The molecule has 0 heterocycles. The van der Waals surface area contributed by atoms with Gasteiger partial charge in [0.15, 0.2) is 0 Å². The van der Waals surface area contributed by atoms with Crippen molar-refractivity contribution in [1.29, 1.82) is 0 Å². The highest BCUT2D eigenvalue weighted by Gasteiger charge is 2.13. The molecule has 1 aliphatic rings. The Morgan fingerprint density at radius 1 is 1.17 bits per heavy atom. The highest BCUT2D eigenvalue weighted by molar-refractivity contribution is 7.93. The van der Waals surface area contributed by atoms with E-state index in [2.05, 4.69) is 5.92 Å². The van der Waals surface area contributed by atoms with Crippen LogP contribution in [0.15, 0.2) is 52.3 Å². The van der Waals surface area contributed by atoms with Crippen LogP contribution in [0.25, 0.3) is 0 Å². The molecular formula is C16H20N2O4S2. The summed E-state index contributed by atoms with van der Waals surface area (Å²) < 4.78 is 43.6. The molecule has 1 unspecified atom stereocenters. The van der Waals surface area contributed by atoms with E-state index < -0.39 is 20.0 Å². The van der Waals surface area contributed by atoms with Gasteiger partial charge in [-0.25, -0.2) is 27.1 Å². The third-order valence-corrected chi connectivity index (χ3v) is 5.24. The van der Waals surface area contributed by atoms with Gasteiger partial charge in [0, 0.05) is 5.92 Å². The third-order valence-electron chi connectivity index (χ3n) is 3.27. The lowest BCUT2D eigenvalue weighted by Gasteiger charge is -2.08. The number of benzene rings is 1. The Labute approximate surface area is 143 Å². The summed E-state index contributed by atoms with van der Waals surface area (Å²) in [6.45, 7) is 1.89. The van der Waals surface area contributed by atoms with Gasteiger partial charge in [0.1, 0.15) is 0 Å². The summed E-state index contributed by atoms with van der Waals surface area (Å²) in [5.74, 6) is 2.50. The second-order valence-electron chi connectivity index (χ2n) is 5.03. The number of hydrogen-bond donors (Lipinski definition) is 2. The van der Waals surface area contributed by atoms with Crippen molar-refractivity contribution in [3.63, 3.8) is 0 Å². The minimum atomic E-state index is -3.55. The molecule has 0 saturated heterocycles. The fraction of sp³-hybridized carbons (Fsp3) is 0.250. The van der Waals surface area contributed by atoms with E-state index in [0.29, 0.717) is 12.8 Å². The van der Waals surface area contributed by atoms with E-state index in [1.807, 2.05) is 6.92 Å². The maximum atomic E-state index is 11.0. The molecule has 8 heteroatoms. The van der Waals surface area contributed by atoms with Crippen LogP contribution in [0.1, 0.15) is 18.9 Å². The Morgan fingerprint density at radius 3 is 2.17 bits per heavy atom. The zero-order valence-electron chi connectivity index (χ0n) is 13.2. The maximum absolute atomic E-state index is 11.0. The molecule has 1 aliphatic carbocycles. The smallest absolute Gasteiger partial charge is 0.225 e. The molecule has 0 spiro atoms. The lowest BCUT2D eigenvalue weighted by molar-refractivity contribution is 0.596. The second kappa shape index (κ2) is 8.26. The van der Waals surface area contributed by atoms with Crippen LogP contribution in [0, 0.1) is 18.3 Å². The Kier molecular flexibility index (Phi) is 6.93. The van der Waals surface area contributed by atoms with Gasteiger partial charge in [0.05, 0.1) is 9.80 Å². The predicted molar refractivity (Wildman–Crippen MR) is 94.5 cm³/mol. The molecular weight excluding hydrogens is 348 g/mol. The Bertz CT molecular complexity index is 892. The standard InChI is InChI=1S/C8H9NO2S.C8H11NO2S/c1-2-7-3-5-8(6-4-7)12(9,10)11;1-2-7-5-3-4-6-8(7)12(9,10)11/h1,3,5-7H,4H2,(H2,9,10,11);3-6H,2H2,1H3,(H2,9,10,11). The van der Waals surface area contributed by atoms with Crippen LogP contribution in [0.2, 0.25) is 0 Å². The first kappa shape index (κ1) is 20.1. The first-order valence-corrected chi connectivity index (χ1v) is 10.2. The quantitative estimate of drug-likeness (QED) is 0.780. The highest BCUT2D eigenvalue weighted by atomic mass is 32.2. The molecule has 24 heavy (non-hydrogen) atoms. The second-order valence-corrected chi connectivity index (χ2v) is 8.12. The van der Waals surface area contributed by atoms with E-state index >= 15 is 0 Å². The molecule has 4 N–H and O–H groups in total. The van der Waals surface area contributed by atoms with E-state index in [1.54, 1.807) is 30.4 Å². The van der Waals surface area contributed by atoms with Gasteiger partial charge in [-0.05, 0) is 30.5 Å². The van der Waals surface area contributed by atoms with Crippen molar-refractivity contribution < 1.29 is 16.8 Å². The van der Waals surface area contributed by atoms with E-state index in [0.717, 1.165) is 5.56 Å². The van der Waals surface area contributed by atoms with Gasteiger partial charge in [-0.1, -0.05) is 43.2 Å². The normalized spacial score (nSPS) is 17.2. The molecule has 130 valence electrons. The van der Waals surface area contributed by atoms with Gasteiger partial charge < -0.3 is 0 Å². The third kappa shape index (κ3) is 5.94. The zero-order chi connectivity index (χ0) is 18.4. The van der Waals surface area contributed by atoms with Crippen molar-refractivity contribution in [3.05, 3.63) is 53.0 Å². The van der Waals surface area contributed by atoms with Gasteiger partial charge in [-0.15, -0.1) is 6.42 Å². The van der Waals surface area contributed by atoms with E-state index in [4.69, 9.17) is 16.7 Å². The summed E-state index contributed by atoms with van der Waals surface area (Å²) in [5.41, 5.74) is 0.764. The fourth-order valence-corrected chi connectivity index (χ4v) is 3.45. The average molecular weight is 368 g/mol. The number of allylic oxidation sites excluding steroid dienone is 3. The summed E-state index contributed by atoms with van der Waals surface area (Å²) in [6.07, 6.45) is 11.0. The van der Waals surface area contributed by atoms with Crippen molar-refractivity contribution in [1.82, 2.24) is 0 Å². The monoisotopic (exact) mass is 368 g/mol. The molecule has 0 aromatic heterocycles. The van der Waals surface area contributed by atoms with Crippen molar-refractivity contribution in [2.75, 3.05) is 0 Å². The van der Waals surface area contributed by atoms with E-state index in [-0.39, 0.29) is 15.7 Å². The van der Waals surface area contributed by atoms with Crippen LogP contribution in [-0.2, 0) is 26.5 Å². The van der Waals surface area contributed by atoms with E-state index in [9.17, 15) is 16.8 Å². The lowest BCUT2D eigenvalue weighted by Crippen LogP contribution is -2.15. The number of primary sulfonamides is 2. The molecule has 1 aromatic rings. The number of nitrogens with two attached hydrogens (primary N) is 2. The van der Waals surface area contributed by atoms with Gasteiger partial charge in [0.2, 0.25) is 20.0 Å². The molecule has 2 rings (SSSR count). The van der Waals surface area contributed by atoms with Crippen molar-refractivity contribution >= 4 is 20.0 Å². The van der Waals surface area contributed by atoms with Gasteiger partial charge in [-0.3, -0.25) is 0 Å². The van der Waals surface area contributed by atoms with Crippen molar-refractivity contribution in [3.8, 4) is 12.3 Å². The number of aryl methyl sites for hydroxylation is 1. The van der Waals surface area contributed by atoms with Crippen LogP contribution in [0.5, 0.6) is 0 Å². The molecule has 0 amide bonds. The highest BCUT2D eigenvalue weighted by Crippen LogP contribution is 2.17. The zero-order valence-corrected chi connectivity index (χ0v) is 14.8. The van der Waals surface area contributed by atoms with Crippen LogP contribution in [0.3, 0.4) is 0 Å². The Hall–Kier alpha value is -1.92. The van der Waals surface area contributed by atoms with Crippen LogP contribution < -0.4 is 10.3 Å². The van der Waals surface area contributed by atoms with Gasteiger partial charge in [0.25, 0.3) is 0 Å². The molecule has 0 fully saturated rings. The molecule has 1 aromatic carbocycles. The first-order chi connectivity index (χ1) is 11.1. The summed E-state index contributed by atoms with van der Waals surface area (Å²) in [5, 5.41) is 9.90. The molecule has 0 bridgehead atoms. The lowest BCUT2D eigenvalue weighted by atomic mass is 10.0. The molecule has 0 aliphatic heterocycles. The molecule has 1 atom stereocenters. The summed E-state index contributed by atoms with van der Waals surface area (Å²) in [6, 6.07) is 6.75. The first-order valence-electron chi connectivity index (χ1n) is 7.07. The number of rotatable bonds is 3. The van der Waals surface area contributed by atoms with Crippen molar-refractivity contribution in [2.24, 2.45) is 16.2 Å². The fourth-order valence-electron chi connectivity index (χ4n) is 2.01. The minimum absolute atomic E-state index is 0.00417. The van der Waals surface area contributed by atoms with Crippen LogP contribution in [-0.4, -0.2) is 16.8 Å². The van der Waals surface area contributed by atoms with Gasteiger partial charge >= 0.3 is 0 Å². The largest absolute Gasteiger partial charge is 0.238 e. The van der Waals surface area contributed by atoms with Crippen LogP contribution in [0.4, 0.5) is 0 Å². The summed E-state index contributed by atoms with van der Waals surface area (Å²) in [7, 11) is -7.10. The number of sulfonamides is 2. The topological polar surface area (TPSA) is 120 Å². The Morgan fingerprint density at radius 2 is 1.79 bits per heavy atom. The van der Waals surface area contributed by atoms with E-state index in [1.165, 1.54) is 12.1 Å². The maximum Gasteiger partial charge on any atom is 0.238 e. The molecule has 6 nitrogen and oxygen atoms in total. The predicted octanol–water partition coefficient (Wildman–Crippen LogP) is 1.26.